The van der Waals surface area contributed by atoms with E-state index in [4.69, 9.17) is 9.47 Å². The fourth-order valence-electron chi connectivity index (χ4n) is 3.84. The lowest BCUT2D eigenvalue weighted by Crippen LogP contribution is -2.27. The first-order valence-corrected chi connectivity index (χ1v) is 12.4. The van der Waals surface area contributed by atoms with Gasteiger partial charge in [-0.2, -0.15) is 8.80 Å². The summed E-state index contributed by atoms with van der Waals surface area (Å²) >= 11 is 3.18. The van der Waals surface area contributed by atoms with Crippen LogP contribution in [0.2, 0.25) is 0 Å². The summed E-state index contributed by atoms with van der Waals surface area (Å²) in [6, 6.07) is 0. The van der Waals surface area contributed by atoms with Gasteiger partial charge in [-0.15, -0.1) is 0 Å². The van der Waals surface area contributed by atoms with Crippen LogP contribution in [0.5, 0.6) is 0 Å². The molecule has 4 rings (SSSR count). The Balaban J connectivity index is 1.16. The highest BCUT2D eigenvalue weighted by molar-refractivity contribution is 7.14. The normalized spacial score (nSPS) is 11.5. The molecule has 0 saturated carbocycles. The summed E-state index contributed by atoms with van der Waals surface area (Å²) < 4.78 is 18.8. The molecule has 0 bridgehead atoms. The molecule has 0 spiro atoms. The van der Waals surface area contributed by atoms with Crippen LogP contribution in [0.15, 0.2) is 23.2 Å². The zero-order valence-corrected chi connectivity index (χ0v) is 20.4. The standard InChI is InChI=1S/C22H28N4O4S2/c1-15-17(25-9-13-31-21(25)23(15)3)19(27)29-11-7-5-6-8-12-30-20(28)18-16(2)24(4)22-26(18)10-14-32-22/h9-10,13-14H,5-8,11-12H2,1-4H3/q+2. The first kappa shape index (κ1) is 22.5. The van der Waals surface area contributed by atoms with Crippen LogP contribution in [0.25, 0.3) is 9.92 Å². The molecule has 0 atom stereocenters. The molecule has 0 N–H and O–H groups in total. The van der Waals surface area contributed by atoms with Crippen molar-refractivity contribution >= 4 is 44.5 Å². The third-order valence-corrected chi connectivity index (χ3v) is 7.70. The molecule has 170 valence electrons. The van der Waals surface area contributed by atoms with Gasteiger partial charge in [0.15, 0.2) is 11.4 Å². The Bertz CT molecular complexity index is 1180. The van der Waals surface area contributed by atoms with E-state index in [-0.39, 0.29) is 11.9 Å². The monoisotopic (exact) mass is 476 g/mol. The highest BCUT2D eigenvalue weighted by Crippen LogP contribution is 2.16. The highest BCUT2D eigenvalue weighted by Gasteiger charge is 2.29. The van der Waals surface area contributed by atoms with Gasteiger partial charge in [-0.1, -0.05) is 22.7 Å². The van der Waals surface area contributed by atoms with E-state index in [1.54, 1.807) is 22.7 Å². The quantitative estimate of drug-likeness (QED) is 0.211. The van der Waals surface area contributed by atoms with E-state index in [1.165, 1.54) is 0 Å². The number of imidazole rings is 2. The summed E-state index contributed by atoms with van der Waals surface area (Å²) in [5, 5.41) is 3.91. The molecule has 4 heterocycles. The maximum atomic E-state index is 12.5. The minimum absolute atomic E-state index is 0.291. The van der Waals surface area contributed by atoms with Crippen LogP contribution in [0.3, 0.4) is 0 Å². The zero-order valence-electron chi connectivity index (χ0n) is 18.8. The summed E-state index contributed by atoms with van der Waals surface area (Å²) in [5.41, 5.74) is 2.97. The lowest BCUT2D eigenvalue weighted by atomic mass is 10.2. The van der Waals surface area contributed by atoms with Gasteiger partial charge < -0.3 is 9.47 Å². The van der Waals surface area contributed by atoms with Crippen LogP contribution < -0.4 is 8.80 Å². The summed E-state index contributed by atoms with van der Waals surface area (Å²) in [6.07, 6.45) is 7.17. The maximum Gasteiger partial charge on any atom is 0.383 e. The second-order valence-corrected chi connectivity index (χ2v) is 9.53. The van der Waals surface area contributed by atoms with Gasteiger partial charge in [-0.25, -0.2) is 18.7 Å². The lowest BCUT2D eigenvalue weighted by molar-refractivity contribution is -0.510. The largest absolute Gasteiger partial charge is 0.459 e. The summed E-state index contributed by atoms with van der Waals surface area (Å²) in [5.74, 6) is -0.582. The number of esters is 2. The number of aromatic nitrogens is 4. The molecule has 0 fully saturated rings. The number of hydrogen-bond acceptors (Lipinski definition) is 6. The Morgan fingerprint density at radius 1 is 0.781 bits per heavy atom. The number of hydrogen-bond donors (Lipinski definition) is 0. The van der Waals surface area contributed by atoms with E-state index >= 15 is 0 Å². The van der Waals surface area contributed by atoms with Crippen molar-refractivity contribution in [1.29, 1.82) is 0 Å². The van der Waals surface area contributed by atoms with Crippen molar-refractivity contribution in [3.05, 3.63) is 45.9 Å². The summed E-state index contributed by atoms with van der Waals surface area (Å²) in [4.78, 5) is 27.1. The van der Waals surface area contributed by atoms with E-state index < -0.39 is 0 Å². The van der Waals surface area contributed by atoms with Crippen LogP contribution in [0.1, 0.15) is 58.0 Å². The van der Waals surface area contributed by atoms with Gasteiger partial charge in [0.2, 0.25) is 0 Å². The Morgan fingerprint density at radius 2 is 1.19 bits per heavy atom. The molecule has 0 unspecified atom stereocenters. The fraction of sp³-hybridized carbons (Fsp3) is 0.455. The topological polar surface area (TPSA) is 70.7 Å². The molecule has 0 saturated heterocycles. The Labute approximate surface area is 194 Å². The molecule has 0 radical (unpaired) electrons. The molecule has 0 aromatic carbocycles. The van der Waals surface area contributed by atoms with E-state index in [0.717, 1.165) is 47.0 Å². The molecular weight excluding hydrogens is 448 g/mol. The van der Waals surface area contributed by atoms with E-state index in [9.17, 15) is 9.59 Å². The first-order chi connectivity index (χ1) is 15.4. The van der Waals surface area contributed by atoms with Gasteiger partial charge in [-0.3, -0.25) is 0 Å². The number of rotatable bonds is 9. The van der Waals surface area contributed by atoms with Gasteiger partial charge in [0, 0.05) is 24.6 Å². The van der Waals surface area contributed by atoms with Crippen LogP contribution in [0, 0.1) is 13.8 Å². The lowest BCUT2D eigenvalue weighted by Gasteiger charge is -2.04. The van der Waals surface area contributed by atoms with E-state index in [1.807, 2.05) is 69.0 Å². The van der Waals surface area contributed by atoms with Gasteiger partial charge >= 0.3 is 21.9 Å². The average molecular weight is 477 g/mol. The van der Waals surface area contributed by atoms with E-state index in [0.29, 0.717) is 24.6 Å². The highest BCUT2D eigenvalue weighted by atomic mass is 32.1. The number of thiazole rings is 2. The number of aryl methyl sites for hydroxylation is 2. The van der Waals surface area contributed by atoms with Gasteiger partial charge in [-0.05, 0) is 25.7 Å². The predicted octanol–water partition coefficient (Wildman–Crippen LogP) is 3.16. The third kappa shape index (κ3) is 4.04. The van der Waals surface area contributed by atoms with Gasteiger partial charge in [0.1, 0.15) is 12.4 Å². The third-order valence-electron chi connectivity index (χ3n) is 5.82. The number of carbonyl (C=O) groups excluding carboxylic acids is 2. The zero-order chi connectivity index (χ0) is 22.8. The van der Waals surface area contributed by atoms with Gasteiger partial charge in [0.05, 0.1) is 27.3 Å². The molecule has 0 aliphatic heterocycles. The Kier molecular flexibility index (Phi) is 6.61. The second kappa shape index (κ2) is 9.41. The average Bonchev–Trinajstić information content (AvgIpc) is 3.52. The van der Waals surface area contributed by atoms with Crippen molar-refractivity contribution in [2.75, 3.05) is 13.2 Å². The molecule has 0 amide bonds. The minimum atomic E-state index is -0.291. The van der Waals surface area contributed by atoms with Crippen LogP contribution in [0.4, 0.5) is 0 Å². The summed E-state index contributed by atoms with van der Waals surface area (Å²) in [6.45, 7) is 4.62. The predicted molar refractivity (Wildman–Crippen MR) is 121 cm³/mol. The summed E-state index contributed by atoms with van der Waals surface area (Å²) in [7, 11) is 3.90. The molecule has 0 aliphatic carbocycles. The maximum absolute atomic E-state index is 12.5. The Morgan fingerprint density at radius 3 is 1.59 bits per heavy atom. The number of ether oxygens (including phenoxy) is 2. The molecule has 10 heteroatoms. The van der Waals surface area contributed by atoms with Crippen molar-refractivity contribution in [3.8, 4) is 0 Å². The van der Waals surface area contributed by atoms with Crippen molar-refractivity contribution in [2.24, 2.45) is 14.1 Å². The molecular formula is C22H28N4O4S2+2. The van der Waals surface area contributed by atoms with Crippen molar-refractivity contribution in [3.63, 3.8) is 0 Å². The molecule has 8 nitrogen and oxygen atoms in total. The molecule has 32 heavy (non-hydrogen) atoms. The number of carbonyl (C=O) groups is 2. The van der Waals surface area contributed by atoms with Crippen molar-refractivity contribution in [1.82, 2.24) is 9.13 Å². The van der Waals surface area contributed by atoms with Crippen LogP contribution in [-0.4, -0.2) is 34.3 Å². The van der Waals surface area contributed by atoms with E-state index in [2.05, 4.69) is 0 Å². The Hall–Kier alpha value is -2.72. The molecule has 4 aromatic heterocycles. The smallest absolute Gasteiger partial charge is 0.383 e. The van der Waals surface area contributed by atoms with Gasteiger partial charge in [0.25, 0.3) is 11.4 Å². The molecule has 4 aromatic rings. The van der Waals surface area contributed by atoms with Crippen LogP contribution >= 0.6 is 22.7 Å². The fourth-order valence-corrected chi connectivity index (χ4v) is 5.57. The molecule has 0 aliphatic rings. The number of fused-ring (bicyclic) bond motifs is 2. The minimum Gasteiger partial charge on any atom is -0.459 e. The van der Waals surface area contributed by atoms with Crippen LogP contribution in [-0.2, 0) is 23.6 Å². The SMILES string of the molecule is Cc1c(C(=O)OCCCCCCOC(=O)c2c(C)n(C)c3scc[n+]23)[n+]2ccsc2n1C. The second-order valence-electron chi connectivity index (χ2n) is 7.78. The van der Waals surface area contributed by atoms with Crippen molar-refractivity contribution < 1.29 is 27.9 Å². The number of nitrogens with zero attached hydrogens (tertiary/aromatic N) is 4. The first-order valence-electron chi connectivity index (χ1n) is 10.6. The number of unbranched alkanes of at least 4 members (excludes halogenated alkanes) is 3. The van der Waals surface area contributed by atoms with Crippen molar-refractivity contribution in [2.45, 2.75) is 39.5 Å².